The first kappa shape index (κ1) is 18.5. The summed E-state index contributed by atoms with van der Waals surface area (Å²) in [6, 6.07) is 1.71. The minimum absolute atomic E-state index is 0.501. The second-order valence-corrected chi connectivity index (χ2v) is 9.70. The maximum Gasteiger partial charge on any atom is 0.353 e. The van der Waals surface area contributed by atoms with Crippen LogP contribution in [0.5, 0.6) is 5.75 Å². The summed E-state index contributed by atoms with van der Waals surface area (Å²) in [5.41, 5.74) is 3.34. The Bertz CT molecular complexity index is 915. The third kappa shape index (κ3) is 3.64. The molecule has 1 atom stereocenters. The topological polar surface area (TPSA) is 110 Å². The molecule has 27 heavy (non-hydrogen) atoms. The van der Waals surface area contributed by atoms with Crippen LogP contribution in [0, 0.1) is 0 Å². The largest absolute Gasteiger partial charge is 0.491 e. The molecule has 9 heteroatoms. The molecular weight excluding hydrogens is 384 g/mol. The molecule has 2 amide bonds. The zero-order chi connectivity index (χ0) is 19.2. The summed E-state index contributed by atoms with van der Waals surface area (Å²) < 4.78 is 10.3. The number of hydrogen-bond donors (Lipinski definition) is 3. The van der Waals surface area contributed by atoms with Crippen molar-refractivity contribution in [3.8, 4) is 5.75 Å². The first-order valence-corrected chi connectivity index (χ1v) is 10.9. The Kier molecular flexibility index (Phi) is 4.79. The molecule has 1 aliphatic carbocycles. The quantitative estimate of drug-likeness (QED) is 0.726. The predicted molar refractivity (Wildman–Crippen MR) is 106 cm³/mol. The van der Waals surface area contributed by atoms with E-state index in [2.05, 4.69) is 20.7 Å². The van der Waals surface area contributed by atoms with E-state index in [-0.39, 0.29) is 0 Å². The minimum Gasteiger partial charge on any atom is -0.491 e. The molecule has 1 unspecified atom stereocenters. The summed E-state index contributed by atoms with van der Waals surface area (Å²) in [7, 11) is -1.18. The van der Waals surface area contributed by atoms with Crippen LogP contribution in [0.3, 0.4) is 0 Å². The molecule has 0 fully saturated rings. The lowest BCUT2D eigenvalue weighted by molar-refractivity contribution is 0.0823. The van der Waals surface area contributed by atoms with Crippen LogP contribution in [-0.4, -0.2) is 22.7 Å². The second-order valence-electron chi connectivity index (χ2n) is 7.21. The van der Waals surface area contributed by atoms with Crippen LogP contribution in [0.25, 0.3) is 0 Å². The fraction of sp³-hybridized carbons (Fsp3) is 0.444. The van der Waals surface area contributed by atoms with Gasteiger partial charge in [-0.25, -0.2) is 9.78 Å². The number of benzene rings is 1. The third-order valence-corrected chi connectivity index (χ3v) is 7.42. The van der Waals surface area contributed by atoms with Crippen molar-refractivity contribution < 1.29 is 14.6 Å². The number of aliphatic hydroxyl groups is 1. The smallest absolute Gasteiger partial charge is 0.353 e. The normalized spacial score (nSPS) is 16.7. The number of thiazole rings is 1. The molecule has 0 radical (unpaired) electrons. The monoisotopic (exact) mass is 406 g/mol. The Morgan fingerprint density at radius 3 is 2.96 bits per heavy atom. The molecule has 0 saturated carbocycles. The van der Waals surface area contributed by atoms with Gasteiger partial charge in [0.05, 0.1) is 22.8 Å². The van der Waals surface area contributed by atoms with Crippen molar-refractivity contribution in [3.63, 3.8) is 0 Å². The molecular formula is C18H22N4O3S2. The lowest BCUT2D eigenvalue weighted by Crippen LogP contribution is -2.14. The average Bonchev–Trinajstić information content (AvgIpc) is 3.33. The molecule has 2 aromatic rings. The van der Waals surface area contributed by atoms with Crippen LogP contribution in [0.4, 0.5) is 10.5 Å². The van der Waals surface area contributed by atoms with Gasteiger partial charge in [0.1, 0.15) is 5.75 Å². The number of carbonyl (C=O) groups is 1. The Labute approximate surface area is 164 Å². The standard InChI is InChI=1S/C18H22N4O3S2/c1-18(2,24)13-9-20-17(26-13)27(19)22-16(23)21-14-12-5-3-4-10(12)8-11-6-7-25-15(11)14/h8-9,24H,3-7H2,1-2H3,(H3,19,21,22,23). The van der Waals surface area contributed by atoms with E-state index in [1.807, 2.05) is 0 Å². The highest BCUT2D eigenvalue weighted by atomic mass is 32.2. The number of carbonyl (C=O) groups excluding carboxylic acids is 1. The number of aromatic nitrogens is 1. The highest BCUT2D eigenvalue weighted by molar-refractivity contribution is 7.87. The highest BCUT2D eigenvalue weighted by Crippen LogP contribution is 2.42. The number of nitrogens with one attached hydrogen (secondary N) is 1. The van der Waals surface area contributed by atoms with Gasteiger partial charge in [-0.1, -0.05) is 6.07 Å². The van der Waals surface area contributed by atoms with Crippen LogP contribution in [0.1, 0.15) is 41.8 Å². The third-order valence-electron chi connectivity index (χ3n) is 4.73. The zero-order valence-corrected chi connectivity index (χ0v) is 16.9. The van der Waals surface area contributed by atoms with Crippen LogP contribution < -0.4 is 15.2 Å². The van der Waals surface area contributed by atoms with Crippen molar-refractivity contribution >= 4 is 33.9 Å². The molecule has 2 aliphatic rings. The Morgan fingerprint density at radius 1 is 1.41 bits per heavy atom. The lowest BCUT2D eigenvalue weighted by atomic mass is 10.0. The zero-order valence-electron chi connectivity index (χ0n) is 15.2. The van der Waals surface area contributed by atoms with Crippen molar-refractivity contribution in [3.05, 3.63) is 33.8 Å². The number of nitrogens with two attached hydrogens (primary N) is 1. The van der Waals surface area contributed by atoms with Gasteiger partial charge in [-0.2, -0.15) is 0 Å². The SMILES string of the molecule is CC(C)(O)c1cnc(/S(N)=N/C(=O)Nc2c3c(cc4c2OCC4)CCC3)s1. The molecule has 4 rings (SSSR count). The van der Waals surface area contributed by atoms with Crippen LogP contribution in [0.2, 0.25) is 0 Å². The van der Waals surface area contributed by atoms with Gasteiger partial charge in [-0.05, 0) is 49.8 Å². The Balaban J connectivity index is 1.58. The number of amides is 2. The number of fused-ring (bicyclic) bond motifs is 2. The van der Waals surface area contributed by atoms with E-state index in [1.54, 1.807) is 20.0 Å². The molecule has 1 aliphatic heterocycles. The molecule has 0 bridgehead atoms. The van der Waals surface area contributed by atoms with Crippen LogP contribution in [-0.2, 0) is 35.7 Å². The highest BCUT2D eigenvalue weighted by Gasteiger charge is 2.26. The van der Waals surface area contributed by atoms with E-state index in [0.29, 0.717) is 15.8 Å². The van der Waals surface area contributed by atoms with E-state index in [9.17, 15) is 9.90 Å². The van der Waals surface area contributed by atoms with E-state index >= 15 is 0 Å². The molecule has 7 nitrogen and oxygen atoms in total. The molecule has 1 aromatic carbocycles. The second kappa shape index (κ2) is 6.97. The molecule has 1 aromatic heterocycles. The number of nitrogens with zero attached hydrogens (tertiary/aromatic N) is 2. The van der Waals surface area contributed by atoms with Crippen molar-refractivity contribution in [1.29, 1.82) is 0 Å². The first-order chi connectivity index (χ1) is 12.8. The number of hydrogen-bond acceptors (Lipinski definition) is 5. The predicted octanol–water partition coefficient (Wildman–Crippen LogP) is 3.06. The molecule has 2 heterocycles. The summed E-state index contributed by atoms with van der Waals surface area (Å²) in [6.45, 7) is 4.00. The summed E-state index contributed by atoms with van der Waals surface area (Å²) in [6.07, 6.45) is 5.48. The number of urea groups is 1. The maximum atomic E-state index is 12.5. The lowest BCUT2D eigenvalue weighted by Gasteiger charge is -2.14. The van der Waals surface area contributed by atoms with Crippen molar-refractivity contribution in [1.82, 2.24) is 4.98 Å². The van der Waals surface area contributed by atoms with Gasteiger partial charge in [-0.15, -0.1) is 15.7 Å². The maximum absolute atomic E-state index is 12.5. The van der Waals surface area contributed by atoms with Gasteiger partial charge in [0.2, 0.25) is 0 Å². The Morgan fingerprint density at radius 2 is 2.22 bits per heavy atom. The molecule has 144 valence electrons. The van der Waals surface area contributed by atoms with Crippen LogP contribution >= 0.6 is 11.3 Å². The van der Waals surface area contributed by atoms with Gasteiger partial charge in [0.15, 0.2) is 4.34 Å². The van der Waals surface area contributed by atoms with Gasteiger partial charge in [0, 0.05) is 23.5 Å². The summed E-state index contributed by atoms with van der Waals surface area (Å²) in [5, 5.41) is 19.0. The van der Waals surface area contributed by atoms with Gasteiger partial charge in [0.25, 0.3) is 0 Å². The summed E-state index contributed by atoms with van der Waals surface area (Å²) >= 11 is 1.26. The minimum atomic E-state index is -1.18. The van der Waals surface area contributed by atoms with E-state index in [4.69, 9.17) is 9.88 Å². The van der Waals surface area contributed by atoms with Crippen LogP contribution in [0.15, 0.2) is 21.0 Å². The summed E-state index contributed by atoms with van der Waals surface area (Å²) in [4.78, 5) is 17.4. The van der Waals surface area contributed by atoms with Crippen molar-refractivity contribution in [2.75, 3.05) is 11.9 Å². The first-order valence-electron chi connectivity index (χ1n) is 8.83. The van der Waals surface area contributed by atoms with Gasteiger partial charge >= 0.3 is 6.03 Å². The van der Waals surface area contributed by atoms with E-state index in [1.165, 1.54) is 16.9 Å². The van der Waals surface area contributed by atoms with Gasteiger partial charge in [-0.3, -0.25) is 5.14 Å². The number of anilines is 1. The Hall–Kier alpha value is -1.81. The number of ether oxygens (including phenoxy) is 1. The van der Waals surface area contributed by atoms with Gasteiger partial charge < -0.3 is 15.2 Å². The van der Waals surface area contributed by atoms with Crippen molar-refractivity contribution in [2.45, 2.75) is 49.5 Å². The summed E-state index contributed by atoms with van der Waals surface area (Å²) in [5.74, 6) is 0.773. The number of aryl methyl sites for hydroxylation is 1. The van der Waals surface area contributed by atoms with E-state index in [0.717, 1.165) is 48.2 Å². The molecule has 0 saturated heterocycles. The fourth-order valence-corrected chi connectivity index (χ4v) is 5.26. The fourth-order valence-electron chi connectivity index (χ4n) is 3.43. The number of rotatable bonds is 3. The molecule has 0 spiro atoms. The molecule has 4 N–H and O–H groups in total. The van der Waals surface area contributed by atoms with Crippen molar-refractivity contribution in [2.24, 2.45) is 9.50 Å². The van der Waals surface area contributed by atoms with E-state index < -0.39 is 22.5 Å². The average molecular weight is 407 g/mol.